The average molecular weight is 209 g/mol. The Morgan fingerprint density at radius 3 is 3.27 bits per heavy atom. The quantitative estimate of drug-likeness (QED) is 0.794. The number of piperidine rings is 1. The number of aryl methyl sites for hydroxylation is 1. The van der Waals surface area contributed by atoms with Crippen LogP contribution in [0.25, 0.3) is 0 Å². The molecule has 1 fully saturated rings. The zero-order valence-corrected chi connectivity index (χ0v) is 9.28. The number of hydrogen-bond donors (Lipinski definition) is 1. The summed E-state index contributed by atoms with van der Waals surface area (Å²) in [6.45, 7) is 2.91. The van der Waals surface area contributed by atoms with Crippen molar-refractivity contribution in [2.75, 3.05) is 19.7 Å². The van der Waals surface area contributed by atoms with Crippen LogP contribution < -0.4 is 5.32 Å². The number of aromatic nitrogens is 2. The Bertz CT molecular complexity index is 292. The van der Waals surface area contributed by atoms with E-state index in [1.54, 1.807) is 0 Å². The summed E-state index contributed by atoms with van der Waals surface area (Å²) in [6.07, 6.45) is 7.52. The Hall–Kier alpha value is -0.870. The number of nitrogens with zero attached hydrogens (tertiary/aromatic N) is 2. The van der Waals surface area contributed by atoms with Crippen molar-refractivity contribution in [1.29, 1.82) is 0 Å². The summed E-state index contributed by atoms with van der Waals surface area (Å²) < 4.78 is 7.84. The Balaban J connectivity index is 1.68. The second kappa shape index (κ2) is 5.28. The number of imidazole rings is 1. The van der Waals surface area contributed by atoms with Crippen LogP contribution in [0.2, 0.25) is 0 Å². The third-order valence-electron chi connectivity index (χ3n) is 2.85. The normalized spacial score (nSPS) is 21.8. The van der Waals surface area contributed by atoms with Gasteiger partial charge in [0.2, 0.25) is 0 Å². The zero-order chi connectivity index (χ0) is 10.5. The summed E-state index contributed by atoms with van der Waals surface area (Å²) >= 11 is 0. The molecule has 1 atom stereocenters. The van der Waals surface area contributed by atoms with E-state index in [0.29, 0.717) is 6.10 Å². The van der Waals surface area contributed by atoms with Crippen molar-refractivity contribution in [2.24, 2.45) is 7.05 Å². The first-order chi connectivity index (χ1) is 7.36. The Morgan fingerprint density at radius 1 is 1.67 bits per heavy atom. The van der Waals surface area contributed by atoms with Crippen LogP contribution in [0.1, 0.15) is 18.7 Å². The molecule has 2 heterocycles. The molecule has 0 bridgehead atoms. The van der Waals surface area contributed by atoms with Gasteiger partial charge in [0.15, 0.2) is 0 Å². The van der Waals surface area contributed by atoms with E-state index in [9.17, 15) is 0 Å². The molecular weight excluding hydrogens is 190 g/mol. The van der Waals surface area contributed by atoms with Crippen molar-refractivity contribution in [3.8, 4) is 0 Å². The number of ether oxygens (including phenoxy) is 1. The molecule has 84 valence electrons. The maximum atomic E-state index is 5.80. The Kier molecular flexibility index (Phi) is 3.75. The summed E-state index contributed by atoms with van der Waals surface area (Å²) in [7, 11) is 2.02. The molecule has 1 aliphatic heterocycles. The molecule has 4 nitrogen and oxygen atoms in total. The monoisotopic (exact) mass is 209 g/mol. The average Bonchev–Trinajstić information content (AvgIpc) is 2.66. The van der Waals surface area contributed by atoms with Gasteiger partial charge in [-0.1, -0.05) is 0 Å². The van der Waals surface area contributed by atoms with E-state index in [2.05, 4.69) is 10.3 Å². The molecule has 15 heavy (non-hydrogen) atoms. The summed E-state index contributed by atoms with van der Waals surface area (Å²) in [5.41, 5.74) is 0. The highest BCUT2D eigenvalue weighted by atomic mass is 16.5. The lowest BCUT2D eigenvalue weighted by molar-refractivity contribution is 0.0381. The van der Waals surface area contributed by atoms with Crippen molar-refractivity contribution >= 4 is 0 Å². The highest BCUT2D eigenvalue weighted by Crippen LogP contribution is 2.06. The molecule has 0 spiro atoms. The second-order valence-electron chi connectivity index (χ2n) is 4.04. The number of hydrogen-bond acceptors (Lipinski definition) is 3. The van der Waals surface area contributed by atoms with Crippen LogP contribution in [0.15, 0.2) is 12.4 Å². The lowest BCUT2D eigenvalue weighted by atomic mass is 10.1. The predicted octanol–water partition coefficient (Wildman–Crippen LogP) is 0.731. The van der Waals surface area contributed by atoms with Gasteiger partial charge in [0.05, 0.1) is 12.7 Å². The standard InChI is InChI=1S/C11H19N3O/c1-14-7-6-13-11(14)4-8-15-10-3-2-5-12-9-10/h6-7,10,12H,2-5,8-9H2,1H3. The number of rotatable bonds is 4. The molecule has 1 N–H and O–H groups in total. The van der Waals surface area contributed by atoms with Crippen molar-refractivity contribution in [3.63, 3.8) is 0 Å². The molecule has 2 rings (SSSR count). The molecular formula is C11H19N3O. The van der Waals surface area contributed by atoms with Gasteiger partial charge in [-0.05, 0) is 19.4 Å². The van der Waals surface area contributed by atoms with Crippen LogP contribution in [0, 0.1) is 0 Å². The maximum Gasteiger partial charge on any atom is 0.110 e. The van der Waals surface area contributed by atoms with Crippen LogP contribution in [-0.4, -0.2) is 35.4 Å². The van der Waals surface area contributed by atoms with Gasteiger partial charge in [-0.25, -0.2) is 4.98 Å². The fourth-order valence-corrected chi connectivity index (χ4v) is 1.92. The minimum atomic E-state index is 0.402. The topological polar surface area (TPSA) is 39.1 Å². The molecule has 1 aromatic rings. The van der Waals surface area contributed by atoms with Crippen molar-refractivity contribution in [3.05, 3.63) is 18.2 Å². The molecule has 0 saturated carbocycles. The first-order valence-electron chi connectivity index (χ1n) is 5.65. The SMILES string of the molecule is Cn1ccnc1CCOC1CCCNC1. The summed E-state index contributed by atoms with van der Waals surface area (Å²) in [4.78, 5) is 4.27. The third-order valence-corrected chi connectivity index (χ3v) is 2.85. The third kappa shape index (κ3) is 3.04. The maximum absolute atomic E-state index is 5.80. The van der Waals surface area contributed by atoms with Gasteiger partial charge in [0.25, 0.3) is 0 Å². The van der Waals surface area contributed by atoms with Gasteiger partial charge in [0.1, 0.15) is 5.82 Å². The molecule has 1 saturated heterocycles. The second-order valence-corrected chi connectivity index (χ2v) is 4.04. The van der Waals surface area contributed by atoms with Gasteiger partial charge in [-0.2, -0.15) is 0 Å². The fraction of sp³-hybridized carbons (Fsp3) is 0.727. The smallest absolute Gasteiger partial charge is 0.110 e. The van der Waals surface area contributed by atoms with Crippen LogP contribution >= 0.6 is 0 Å². The van der Waals surface area contributed by atoms with Gasteiger partial charge < -0.3 is 14.6 Å². The molecule has 1 aliphatic rings. The van der Waals surface area contributed by atoms with Gasteiger partial charge in [-0.3, -0.25) is 0 Å². The number of nitrogens with one attached hydrogen (secondary N) is 1. The van der Waals surface area contributed by atoms with E-state index in [-0.39, 0.29) is 0 Å². The molecule has 1 aromatic heterocycles. The van der Waals surface area contributed by atoms with Crippen LogP contribution in [0.4, 0.5) is 0 Å². The lowest BCUT2D eigenvalue weighted by Crippen LogP contribution is -2.35. The minimum absolute atomic E-state index is 0.402. The van der Waals surface area contributed by atoms with E-state index in [4.69, 9.17) is 4.74 Å². The lowest BCUT2D eigenvalue weighted by Gasteiger charge is -2.22. The zero-order valence-electron chi connectivity index (χ0n) is 9.28. The highest BCUT2D eigenvalue weighted by molar-refractivity contribution is 4.90. The molecule has 0 amide bonds. The summed E-state index contributed by atoms with van der Waals surface area (Å²) in [5.74, 6) is 1.10. The summed E-state index contributed by atoms with van der Waals surface area (Å²) in [5, 5.41) is 3.34. The fourth-order valence-electron chi connectivity index (χ4n) is 1.92. The minimum Gasteiger partial charge on any atom is -0.376 e. The van der Waals surface area contributed by atoms with Crippen molar-refractivity contribution < 1.29 is 4.74 Å². The first kappa shape index (κ1) is 10.6. The molecule has 0 aromatic carbocycles. The first-order valence-corrected chi connectivity index (χ1v) is 5.65. The highest BCUT2D eigenvalue weighted by Gasteiger charge is 2.12. The molecule has 1 unspecified atom stereocenters. The molecule has 0 aliphatic carbocycles. The van der Waals surface area contributed by atoms with Gasteiger partial charge in [-0.15, -0.1) is 0 Å². The molecule has 0 radical (unpaired) electrons. The van der Waals surface area contributed by atoms with Crippen LogP contribution in [0.3, 0.4) is 0 Å². The van der Waals surface area contributed by atoms with E-state index in [1.165, 1.54) is 12.8 Å². The van der Waals surface area contributed by atoms with Gasteiger partial charge >= 0.3 is 0 Å². The Labute approximate surface area is 90.6 Å². The van der Waals surface area contributed by atoms with Crippen molar-refractivity contribution in [2.45, 2.75) is 25.4 Å². The van der Waals surface area contributed by atoms with E-state index >= 15 is 0 Å². The van der Waals surface area contributed by atoms with E-state index in [1.807, 2.05) is 24.0 Å². The van der Waals surface area contributed by atoms with E-state index < -0.39 is 0 Å². The molecule has 4 heteroatoms. The van der Waals surface area contributed by atoms with Gasteiger partial charge in [0, 0.05) is 32.4 Å². The Morgan fingerprint density at radius 2 is 2.60 bits per heavy atom. The predicted molar refractivity (Wildman–Crippen MR) is 58.8 cm³/mol. The van der Waals surface area contributed by atoms with E-state index in [0.717, 1.165) is 31.9 Å². The van der Waals surface area contributed by atoms with Crippen LogP contribution in [0.5, 0.6) is 0 Å². The summed E-state index contributed by atoms with van der Waals surface area (Å²) in [6, 6.07) is 0. The van der Waals surface area contributed by atoms with Crippen molar-refractivity contribution in [1.82, 2.24) is 14.9 Å². The van der Waals surface area contributed by atoms with Crippen LogP contribution in [-0.2, 0) is 18.2 Å². The largest absolute Gasteiger partial charge is 0.376 e.